The quantitative estimate of drug-likeness (QED) is 0.145. The molecule has 4 heteroatoms. The fourth-order valence-electron chi connectivity index (χ4n) is 17.0. The molecule has 10 aromatic rings. The van der Waals surface area contributed by atoms with Crippen molar-refractivity contribution in [2.45, 2.75) is 87.9 Å². The Morgan fingerprint density at radius 3 is 1.23 bits per heavy atom. The van der Waals surface area contributed by atoms with Crippen molar-refractivity contribution in [3.8, 4) is 78.7 Å². The first-order valence-electron chi connectivity index (χ1n) is 28.2. The van der Waals surface area contributed by atoms with Crippen LogP contribution < -0.4 is 0 Å². The maximum Gasteiger partial charge on any atom is 0.167 e. The second kappa shape index (κ2) is 17.0. The van der Waals surface area contributed by atoms with Crippen molar-refractivity contribution in [1.82, 2.24) is 15.0 Å². The molecule has 8 bridgehead atoms. The minimum absolute atomic E-state index is 0.340. The fraction of sp³-hybridized carbons (Fsp3) is 0.282. The third kappa shape index (κ3) is 7.56. The van der Waals surface area contributed by atoms with Gasteiger partial charge in [0, 0.05) is 21.9 Å². The van der Waals surface area contributed by atoms with E-state index in [4.69, 9.17) is 19.4 Å². The molecular formula is C71H61N3O. The van der Waals surface area contributed by atoms with Gasteiger partial charge in [0.15, 0.2) is 17.5 Å². The molecule has 75 heavy (non-hydrogen) atoms. The van der Waals surface area contributed by atoms with Gasteiger partial charge in [0.2, 0.25) is 0 Å². The molecule has 0 amide bonds. The fourth-order valence-corrected chi connectivity index (χ4v) is 17.0. The van der Waals surface area contributed by atoms with Gasteiger partial charge in [-0.3, -0.25) is 0 Å². The van der Waals surface area contributed by atoms with E-state index in [1.165, 1.54) is 105 Å². The van der Waals surface area contributed by atoms with Gasteiger partial charge in [-0.2, -0.15) is 0 Å². The number of fused-ring (bicyclic) bond motifs is 3. The SMILES string of the molecule is c1ccc(-c2cccc(-c3ccc4c(c3)oc3c(-c5nc(-c6ccccc6)nc(-c6ccc(-c7ccc(C89CC%10CC(CC(C%10)C8)C9)cc7)cc6)n5)cc(-c5ccc(C67CC8CC(CC(C8)C6)C7)cc5)cc34)c2)cc1. The predicted molar refractivity (Wildman–Crippen MR) is 305 cm³/mol. The molecule has 8 aliphatic rings. The maximum absolute atomic E-state index is 7.09. The van der Waals surface area contributed by atoms with Crippen LogP contribution in [0.3, 0.4) is 0 Å². The largest absolute Gasteiger partial charge is 0.455 e. The van der Waals surface area contributed by atoms with Crippen LogP contribution in [0.5, 0.6) is 0 Å². The number of rotatable bonds is 9. The Morgan fingerprint density at radius 1 is 0.307 bits per heavy atom. The second-order valence-corrected chi connectivity index (χ2v) is 24.5. The average molecular weight is 972 g/mol. The minimum atomic E-state index is 0.340. The van der Waals surface area contributed by atoms with Crippen molar-refractivity contribution in [1.29, 1.82) is 0 Å². The molecule has 2 heterocycles. The van der Waals surface area contributed by atoms with Gasteiger partial charge in [-0.1, -0.05) is 158 Å². The lowest BCUT2D eigenvalue weighted by atomic mass is 9.48. The van der Waals surface area contributed by atoms with Crippen molar-refractivity contribution < 1.29 is 4.42 Å². The zero-order chi connectivity index (χ0) is 49.2. The van der Waals surface area contributed by atoms with Gasteiger partial charge in [-0.05, 0) is 209 Å². The Labute approximate surface area is 440 Å². The van der Waals surface area contributed by atoms with E-state index in [0.717, 1.165) is 90.8 Å². The zero-order valence-electron chi connectivity index (χ0n) is 42.6. The number of aromatic nitrogens is 3. The molecule has 8 saturated carbocycles. The molecule has 2 aromatic heterocycles. The summed E-state index contributed by atoms with van der Waals surface area (Å²) in [5, 5.41) is 2.12. The van der Waals surface area contributed by atoms with Crippen LogP contribution in [-0.2, 0) is 10.8 Å². The summed E-state index contributed by atoms with van der Waals surface area (Å²) in [6.07, 6.45) is 17.0. The molecular weight excluding hydrogens is 911 g/mol. The van der Waals surface area contributed by atoms with Crippen molar-refractivity contribution in [2.75, 3.05) is 0 Å². The van der Waals surface area contributed by atoms with Gasteiger partial charge < -0.3 is 4.42 Å². The van der Waals surface area contributed by atoms with E-state index in [1.807, 2.05) is 6.07 Å². The summed E-state index contributed by atoms with van der Waals surface area (Å²) in [6, 6.07) is 69.2. The summed E-state index contributed by atoms with van der Waals surface area (Å²) in [4.78, 5) is 16.0. The smallest absolute Gasteiger partial charge is 0.167 e. The summed E-state index contributed by atoms with van der Waals surface area (Å²) >= 11 is 0. The monoisotopic (exact) mass is 971 g/mol. The molecule has 366 valence electrons. The molecule has 0 aliphatic heterocycles. The molecule has 0 N–H and O–H groups in total. The Balaban J connectivity index is 0.802. The molecule has 8 fully saturated rings. The summed E-state index contributed by atoms with van der Waals surface area (Å²) in [6.45, 7) is 0. The molecule has 0 spiro atoms. The molecule has 0 radical (unpaired) electrons. The Bertz CT molecular complexity index is 3750. The number of hydrogen-bond donors (Lipinski definition) is 0. The summed E-state index contributed by atoms with van der Waals surface area (Å²) in [5.41, 5.74) is 17.6. The highest BCUT2D eigenvalue weighted by Gasteiger charge is 2.52. The van der Waals surface area contributed by atoms with Crippen LogP contribution in [0, 0.1) is 35.5 Å². The molecule has 8 aromatic carbocycles. The van der Waals surface area contributed by atoms with Gasteiger partial charge >= 0.3 is 0 Å². The maximum atomic E-state index is 7.09. The number of hydrogen-bond acceptors (Lipinski definition) is 4. The molecule has 0 unspecified atom stereocenters. The van der Waals surface area contributed by atoms with Crippen LogP contribution in [0.2, 0.25) is 0 Å². The average Bonchev–Trinajstić information content (AvgIpc) is 3.88. The van der Waals surface area contributed by atoms with Gasteiger partial charge in [0.1, 0.15) is 11.2 Å². The van der Waals surface area contributed by atoms with Crippen LogP contribution in [0.15, 0.2) is 192 Å². The van der Waals surface area contributed by atoms with Crippen LogP contribution >= 0.6 is 0 Å². The first-order chi connectivity index (χ1) is 36.9. The van der Waals surface area contributed by atoms with Crippen molar-refractivity contribution in [3.05, 3.63) is 199 Å². The standard InChI is InChI=1S/C71H61N3O/c1-3-8-50(9-4-1)56-12-7-13-57(34-56)58-22-27-62-63-35-59(53-20-25-61(26-21-53)71-41-47-31-48(42-71)33-49(32-47)43-71)36-64(66(63)75-65(62)37-58)69-73-67(54-10-5-2-6-11-54)72-68(74-69)55-16-14-51(15-17-55)52-18-23-60(24-19-52)70-38-44-28-45(39-70)30-46(29-44)40-70/h1-27,34-37,44-49H,28-33,38-43H2. The highest BCUT2D eigenvalue weighted by molar-refractivity contribution is 6.11. The highest BCUT2D eigenvalue weighted by atomic mass is 16.3. The number of nitrogens with zero attached hydrogens (tertiary/aromatic N) is 3. The van der Waals surface area contributed by atoms with E-state index in [1.54, 1.807) is 11.1 Å². The lowest BCUT2D eigenvalue weighted by Gasteiger charge is -2.57. The topological polar surface area (TPSA) is 51.8 Å². The summed E-state index contributed by atoms with van der Waals surface area (Å²) in [7, 11) is 0. The second-order valence-electron chi connectivity index (χ2n) is 24.5. The minimum Gasteiger partial charge on any atom is -0.455 e. The van der Waals surface area contributed by atoms with Crippen LogP contribution in [0.1, 0.15) is 88.2 Å². The molecule has 18 rings (SSSR count). The predicted octanol–water partition coefficient (Wildman–Crippen LogP) is 18.4. The summed E-state index contributed by atoms with van der Waals surface area (Å²) in [5.74, 6) is 7.38. The number of benzene rings is 8. The Hall–Kier alpha value is -7.43. The highest BCUT2D eigenvalue weighted by Crippen LogP contribution is 2.62. The lowest BCUT2D eigenvalue weighted by Crippen LogP contribution is -2.48. The van der Waals surface area contributed by atoms with E-state index < -0.39 is 0 Å². The van der Waals surface area contributed by atoms with Crippen molar-refractivity contribution >= 4 is 21.9 Å². The number of furan rings is 1. The third-order valence-electron chi connectivity index (χ3n) is 19.7. The van der Waals surface area contributed by atoms with Gasteiger partial charge in [0.05, 0.1) is 5.56 Å². The molecule has 8 aliphatic carbocycles. The van der Waals surface area contributed by atoms with E-state index in [2.05, 4.69) is 182 Å². The Morgan fingerprint density at radius 2 is 0.693 bits per heavy atom. The summed E-state index contributed by atoms with van der Waals surface area (Å²) < 4.78 is 7.09. The van der Waals surface area contributed by atoms with Crippen molar-refractivity contribution in [3.63, 3.8) is 0 Å². The van der Waals surface area contributed by atoms with E-state index in [9.17, 15) is 0 Å². The molecule has 4 nitrogen and oxygen atoms in total. The normalized spacial score (nSPS) is 26.1. The Kier molecular flexibility index (Phi) is 9.98. The first kappa shape index (κ1) is 43.9. The van der Waals surface area contributed by atoms with E-state index in [0.29, 0.717) is 28.3 Å². The third-order valence-corrected chi connectivity index (χ3v) is 19.7. The van der Waals surface area contributed by atoms with Gasteiger partial charge in [-0.25, -0.2) is 15.0 Å². The van der Waals surface area contributed by atoms with Gasteiger partial charge in [0.25, 0.3) is 0 Å². The van der Waals surface area contributed by atoms with Crippen molar-refractivity contribution in [2.24, 2.45) is 35.5 Å². The molecule has 0 atom stereocenters. The van der Waals surface area contributed by atoms with Gasteiger partial charge in [-0.15, -0.1) is 0 Å². The van der Waals surface area contributed by atoms with Crippen LogP contribution in [-0.4, -0.2) is 15.0 Å². The lowest BCUT2D eigenvalue weighted by molar-refractivity contribution is -0.00530. The van der Waals surface area contributed by atoms with E-state index in [-0.39, 0.29) is 0 Å². The first-order valence-corrected chi connectivity index (χ1v) is 28.2. The zero-order valence-corrected chi connectivity index (χ0v) is 42.6. The van der Waals surface area contributed by atoms with Crippen LogP contribution in [0.25, 0.3) is 101 Å². The molecule has 0 saturated heterocycles. The van der Waals surface area contributed by atoms with Crippen LogP contribution in [0.4, 0.5) is 0 Å². The van der Waals surface area contributed by atoms with E-state index >= 15 is 0 Å².